The molecule has 2 aromatic rings. The summed E-state index contributed by atoms with van der Waals surface area (Å²) < 4.78 is 25.4. The molecule has 18 heavy (non-hydrogen) atoms. The summed E-state index contributed by atoms with van der Waals surface area (Å²) in [4.78, 5) is 4.04. The van der Waals surface area contributed by atoms with E-state index in [0.29, 0.717) is 5.92 Å². The third-order valence-electron chi connectivity index (χ3n) is 2.62. The Labute approximate surface area is 107 Å². The zero-order valence-corrected chi connectivity index (χ0v) is 11.3. The fraction of sp³-hybridized carbons (Fsp3) is 0.308. The molecule has 5 heteroatoms. The second-order valence-corrected chi connectivity index (χ2v) is 6.48. The molecule has 0 spiro atoms. The van der Waals surface area contributed by atoms with E-state index in [9.17, 15) is 8.42 Å². The first-order valence-electron chi connectivity index (χ1n) is 5.82. The first-order chi connectivity index (χ1) is 8.50. The van der Waals surface area contributed by atoms with Crippen LogP contribution in [0.25, 0.3) is 0 Å². The molecule has 96 valence electrons. The highest BCUT2D eigenvalue weighted by Crippen LogP contribution is 2.16. The Balaban J connectivity index is 2.30. The molecule has 4 nitrogen and oxygen atoms in total. The maximum Gasteiger partial charge on any atom is 0.268 e. The van der Waals surface area contributed by atoms with Gasteiger partial charge in [-0.15, -0.1) is 0 Å². The van der Waals surface area contributed by atoms with E-state index in [1.807, 2.05) is 12.1 Å². The molecule has 0 saturated heterocycles. The summed E-state index contributed by atoms with van der Waals surface area (Å²) in [5.41, 5.74) is 1.15. The van der Waals surface area contributed by atoms with Gasteiger partial charge < -0.3 is 0 Å². The van der Waals surface area contributed by atoms with Crippen molar-refractivity contribution >= 4 is 10.0 Å². The van der Waals surface area contributed by atoms with Crippen molar-refractivity contribution in [1.82, 2.24) is 8.96 Å². The molecule has 0 bridgehead atoms. The van der Waals surface area contributed by atoms with Crippen LogP contribution >= 0.6 is 0 Å². The highest BCUT2D eigenvalue weighted by molar-refractivity contribution is 7.90. The standard InChI is InChI=1S/C13H16N2O2S/c1-11(2)9-12-3-5-13(6-4-12)18(16,17)15-8-7-14-10-15/h3-8,10-11H,9H2,1-2H3. The minimum absolute atomic E-state index is 0.285. The lowest BCUT2D eigenvalue weighted by atomic mass is 10.0. The topological polar surface area (TPSA) is 52.0 Å². The number of hydrogen-bond acceptors (Lipinski definition) is 3. The van der Waals surface area contributed by atoms with E-state index in [1.54, 1.807) is 12.1 Å². The number of rotatable bonds is 4. The first kappa shape index (κ1) is 12.8. The van der Waals surface area contributed by atoms with Crippen LogP contribution in [0.15, 0.2) is 47.9 Å². The van der Waals surface area contributed by atoms with Gasteiger partial charge in [0.05, 0.1) is 4.90 Å². The molecule has 0 aliphatic heterocycles. The third-order valence-corrected chi connectivity index (χ3v) is 4.26. The van der Waals surface area contributed by atoms with Crippen LogP contribution in [0.3, 0.4) is 0 Å². The zero-order valence-electron chi connectivity index (χ0n) is 10.4. The van der Waals surface area contributed by atoms with Gasteiger partial charge in [0.15, 0.2) is 0 Å². The third kappa shape index (κ3) is 2.61. The SMILES string of the molecule is CC(C)Cc1ccc(S(=O)(=O)n2ccnc2)cc1. The van der Waals surface area contributed by atoms with Crippen LogP contribution in [-0.2, 0) is 16.4 Å². The van der Waals surface area contributed by atoms with Crippen molar-refractivity contribution in [3.63, 3.8) is 0 Å². The van der Waals surface area contributed by atoms with Crippen LogP contribution in [0.1, 0.15) is 19.4 Å². The second-order valence-electron chi connectivity index (χ2n) is 4.64. The maximum absolute atomic E-state index is 12.2. The van der Waals surface area contributed by atoms with E-state index < -0.39 is 10.0 Å². The number of hydrogen-bond donors (Lipinski definition) is 0. The van der Waals surface area contributed by atoms with Crippen LogP contribution in [0.5, 0.6) is 0 Å². The molecule has 0 radical (unpaired) electrons. The molecule has 0 amide bonds. The van der Waals surface area contributed by atoms with Crippen LogP contribution in [0.4, 0.5) is 0 Å². The molecule has 0 atom stereocenters. The van der Waals surface area contributed by atoms with E-state index in [1.165, 1.54) is 18.7 Å². The van der Waals surface area contributed by atoms with Crippen molar-refractivity contribution in [2.75, 3.05) is 0 Å². The van der Waals surface area contributed by atoms with Crippen molar-refractivity contribution in [2.45, 2.75) is 25.2 Å². The molecule has 1 aromatic heterocycles. The van der Waals surface area contributed by atoms with Gasteiger partial charge in [-0.3, -0.25) is 0 Å². The summed E-state index contributed by atoms with van der Waals surface area (Å²) in [6, 6.07) is 7.02. The average molecular weight is 264 g/mol. The van der Waals surface area contributed by atoms with Crippen molar-refractivity contribution in [1.29, 1.82) is 0 Å². The Kier molecular flexibility index (Phi) is 3.52. The fourth-order valence-corrected chi connectivity index (χ4v) is 2.90. The molecule has 0 fully saturated rings. The van der Waals surface area contributed by atoms with Crippen LogP contribution in [0.2, 0.25) is 0 Å². The Morgan fingerprint density at radius 1 is 1.22 bits per heavy atom. The largest absolute Gasteiger partial charge is 0.268 e. The van der Waals surface area contributed by atoms with Gasteiger partial charge in [-0.1, -0.05) is 26.0 Å². The number of benzene rings is 1. The fourth-order valence-electron chi connectivity index (χ4n) is 1.78. The van der Waals surface area contributed by atoms with E-state index in [4.69, 9.17) is 0 Å². The minimum Gasteiger partial charge on any atom is -0.244 e. The molecule has 0 N–H and O–H groups in total. The van der Waals surface area contributed by atoms with E-state index >= 15 is 0 Å². The summed E-state index contributed by atoms with van der Waals surface area (Å²) in [5.74, 6) is 0.557. The van der Waals surface area contributed by atoms with Gasteiger partial charge in [-0.05, 0) is 30.0 Å². The van der Waals surface area contributed by atoms with Gasteiger partial charge in [0.1, 0.15) is 6.33 Å². The summed E-state index contributed by atoms with van der Waals surface area (Å²) >= 11 is 0. The van der Waals surface area contributed by atoms with Crippen molar-refractivity contribution in [3.8, 4) is 0 Å². The molecule has 0 aliphatic rings. The normalized spacial score (nSPS) is 11.9. The second kappa shape index (κ2) is 4.94. The summed E-state index contributed by atoms with van der Waals surface area (Å²) in [7, 11) is -3.49. The molecule has 1 heterocycles. The van der Waals surface area contributed by atoms with Crippen molar-refractivity contribution in [2.24, 2.45) is 5.92 Å². The Bertz CT molecular complexity index is 599. The highest BCUT2D eigenvalue weighted by Gasteiger charge is 2.15. The number of aromatic nitrogens is 2. The van der Waals surface area contributed by atoms with Crippen molar-refractivity contribution in [3.05, 3.63) is 48.5 Å². The van der Waals surface area contributed by atoms with Gasteiger partial charge in [0.2, 0.25) is 0 Å². The number of nitrogens with zero attached hydrogens (tertiary/aromatic N) is 2. The van der Waals surface area contributed by atoms with Gasteiger partial charge in [0.25, 0.3) is 10.0 Å². The number of imidazole rings is 1. The van der Waals surface area contributed by atoms with Crippen LogP contribution < -0.4 is 0 Å². The molecule has 0 unspecified atom stereocenters. The molecule has 1 aromatic carbocycles. The molecular weight excluding hydrogens is 248 g/mol. The molecular formula is C13H16N2O2S. The van der Waals surface area contributed by atoms with Crippen LogP contribution in [-0.4, -0.2) is 17.4 Å². The van der Waals surface area contributed by atoms with Crippen LogP contribution in [0, 0.1) is 5.92 Å². The smallest absolute Gasteiger partial charge is 0.244 e. The summed E-state index contributed by atoms with van der Waals surface area (Å²) in [6.07, 6.45) is 5.12. The summed E-state index contributed by atoms with van der Waals surface area (Å²) in [5, 5.41) is 0. The highest BCUT2D eigenvalue weighted by atomic mass is 32.2. The Hall–Kier alpha value is -1.62. The molecule has 0 aliphatic carbocycles. The average Bonchev–Trinajstić information content (AvgIpc) is 2.83. The van der Waals surface area contributed by atoms with Gasteiger partial charge in [0, 0.05) is 12.4 Å². The Morgan fingerprint density at radius 2 is 1.89 bits per heavy atom. The van der Waals surface area contributed by atoms with E-state index in [0.717, 1.165) is 16.0 Å². The monoisotopic (exact) mass is 264 g/mol. The predicted molar refractivity (Wildman–Crippen MR) is 69.8 cm³/mol. The van der Waals surface area contributed by atoms with Gasteiger partial charge >= 0.3 is 0 Å². The van der Waals surface area contributed by atoms with E-state index in [2.05, 4.69) is 18.8 Å². The lowest BCUT2D eigenvalue weighted by molar-refractivity contribution is 0.587. The maximum atomic E-state index is 12.2. The molecule has 2 rings (SSSR count). The van der Waals surface area contributed by atoms with Crippen molar-refractivity contribution < 1.29 is 8.42 Å². The molecule has 0 saturated carbocycles. The Morgan fingerprint density at radius 3 is 2.39 bits per heavy atom. The van der Waals surface area contributed by atoms with Gasteiger partial charge in [-0.2, -0.15) is 0 Å². The zero-order chi connectivity index (χ0) is 13.2. The lowest BCUT2D eigenvalue weighted by Gasteiger charge is -2.07. The first-order valence-corrected chi connectivity index (χ1v) is 7.26. The summed E-state index contributed by atoms with van der Waals surface area (Å²) in [6.45, 7) is 4.27. The lowest BCUT2D eigenvalue weighted by Crippen LogP contribution is -2.10. The van der Waals surface area contributed by atoms with Gasteiger partial charge in [-0.25, -0.2) is 17.4 Å². The predicted octanol–water partition coefficient (Wildman–Crippen LogP) is 2.32. The quantitative estimate of drug-likeness (QED) is 0.851. The minimum atomic E-state index is -3.49. The van der Waals surface area contributed by atoms with E-state index in [-0.39, 0.29) is 4.90 Å².